The molecule has 0 spiro atoms. The first kappa shape index (κ1) is 18.4. The zero-order chi connectivity index (χ0) is 17.6. The highest BCUT2D eigenvalue weighted by Gasteiger charge is 2.39. The van der Waals surface area contributed by atoms with Crippen LogP contribution >= 0.6 is 0 Å². The zero-order valence-corrected chi connectivity index (χ0v) is 13.9. The van der Waals surface area contributed by atoms with E-state index in [9.17, 15) is 0 Å². The number of halogens is 1. The second kappa shape index (κ2) is 7.74. The monoisotopic (exact) mass is 351 g/mol. The van der Waals surface area contributed by atoms with Crippen LogP contribution in [0.1, 0.15) is 17.5 Å². The van der Waals surface area contributed by atoms with Crippen LogP contribution in [0, 0.1) is 10.2 Å². The van der Waals surface area contributed by atoms with Crippen molar-refractivity contribution in [2.75, 3.05) is 13.6 Å². The summed E-state index contributed by atoms with van der Waals surface area (Å²) in [6.45, 7) is 0.990. The largest absolute Gasteiger partial charge is 0.434 e. The molecule has 2 aromatic carbocycles. The number of rotatable bonds is 2. The van der Waals surface area contributed by atoms with E-state index in [1.54, 1.807) is 0 Å². The highest BCUT2D eigenvalue weighted by atomic mass is 35.7. The Kier molecular flexibility index (Phi) is 5.93. The minimum atomic E-state index is -4.94. The van der Waals surface area contributed by atoms with Gasteiger partial charge in [0.05, 0.1) is 6.42 Å². The van der Waals surface area contributed by atoms with Crippen molar-refractivity contribution < 1.29 is 38.2 Å². The van der Waals surface area contributed by atoms with Gasteiger partial charge in [0.1, 0.15) is 13.6 Å². The van der Waals surface area contributed by atoms with Gasteiger partial charge < -0.3 is 4.74 Å². The SMILES string of the molecule is C[N+]1=COC(c2ccccc2)(c2ccccc2)CC1.[O-][Cl+3]([O-])([O-])[O-]. The second-order valence-electron chi connectivity index (χ2n) is 5.39. The molecule has 0 radical (unpaired) electrons. The van der Waals surface area contributed by atoms with Crippen molar-refractivity contribution in [1.82, 2.24) is 0 Å². The molecule has 1 heterocycles. The van der Waals surface area contributed by atoms with Crippen LogP contribution in [-0.4, -0.2) is 24.6 Å². The molecular weight excluding hydrogens is 334 g/mol. The van der Waals surface area contributed by atoms with Gasteiger partial charge in [-0.15, -0.1) is 10.2 Å². The maximum atomic E-state index is 8.49. The fourth-order valence-corrected chi connectivity index (χ4v) is 2.63. The van der Waals surface area contributed by atoms with Crippen molar-refractivity contribution >= 4 is 6.40 Å². The van der Waals surface area contributed by atoms with E-state index in [1.165, 1.54) is 11.1 Å². The third kappa shape index (κ3) is 5.02. The van der Waals surface area contributed by atoms with Crippen molar-refractivity contribution in [3.63, 3.8) is 0 Å². The molecule has 2 aromatic rings. The van der Waals surface area contributed by atoms with Gasteiger partial charge >= 0.3 is 6.40 Å². The summed E-state index contributed by atoms with van der Waals surface area (Å²) in [5, 5.41) is 0. The topological polar surface area (TPSA) is 104 Å². The number of hydrogen-bond donors (Lipinski definition) is 0. The molecule has 0 N–H and O–H groups in total. The summed E-state index contributed by atoms with van der Waals surface area (Å²) in [6, 6.07) is 20.9. The van der Waals surface area contributed by atoms with Crippen LogP contribution in [0.25, 0.3) is 0 Å². The Morgan fingerprint density at radius 2 is 1.29 bits per heavy atom. The van der Waals surface area contributed by atoms with Crippen molar-refractivity contribution in [3.05, 3.63) is 71.8 Å². The summed E-state index contributed by atoms with van der Waals surface area (Å²) in [5.74, 6) is 0. The number of benzene rings is 2. The summed E-state index contributed by atoms with van der Waals surface area (Å²) in [7, 11) is -2.90. The molecule has 0 unspecified atom stereocenters. The van der Waals surface area contributed by atoms with Crippen LogP contribution in [-0.2, 0) is 10.3 Å². The van der Waals surface area contributed by atoms with E-state index in [1.807, 2.05) is 25.6 Å². The van der Waals surface area contributed by atoms with E-state index in [2.05, 4.69) is 53.1 Å². The van der Waals surface area contributed by atoms with Crippen LogP contribution in [0.5, 0.6) is 0 Å². The summed E-state index contributed by atoms with van der Waals surface area (Å²) in [6.07, 6.45) is 2.79. The van der Waals surface area contributed by atoms with Gasteiger partial charge in [-0.3, -0.25) is 0 Å². The molecule has 0 bridgehead atoms. The molecule has 0 saturated heterocycles. The minimum Gasteiger partial charge on any atom is -0.434 e. The third-order valence-corrected chi connectivity index (χ3v) is 3.73. The molecule has 6 nitrogen and oxygen atoms in total. The van der Waals surface area contributed by atoms with E-state index in [0.717, 1.165) is 13.0 Å². The first-order chi connectivity index (χ1) is 11.3. The van der Waals surface area contributed by atoms with E-state index >= 15 is 0 Å². The van der Waals surface area contributed by atoms with Crippen molar-refractivity contribution in [2.45, 2.75) is 12.0 Å². The van der Waals surface area contributed by atoms with E-state index in [-0.39, 0.29) is 5.60 Å². The molecule has 1 aliphatic rings. The van der Waals surface area contributed by atoms with Crippen LogP contribution in [0.4, 0.5) is 0 Å². The van der Waals surface area contributed by atoms with Crippen molar-refractivity contribution in [2.24, 2.45) is 0 Å². The van der Waals surface area contributed by atoms with Crippen molar-refractivity contribution in [3.8, 4) is 0 Å². The Hall–Kier alpha value is -1.96. The Morgan fingerprint density at radius 3 is 1.62 bits per heavy atom. The number of hydrogen-bond acceptors (Lipinski definition) is 5. The van der Waals surface area contributed by atoms with E-state index < -0.39 is 10.2 Å². The van der Waals surface area contributed by atoms with Gasteiger partial charge in [0.25, 0.3) is 0 Å². The molecule has 0 aliphatic carbocycles. The first-order valence-corrected chi connectivity index (χ1v) is 8.49. The molecular formula is C17H18ClNO5. The van der Waals surface area contributed by atoms with E-state index in [4.69, 9.17) is 23.4 Å². The zero-order valence-electron chi connectivity index (χ0n) is 13.1. The van der Waals surface area contributed by atoms with Gasteiger partial charge in [-0.2, -0.15) is 0 Å². The standard InChI is InChI=1S/C17H18NO.ClHO4/c1-18-13-12-17(19-14-18,15-8-4-2-5-9-15)16-10-6-3-7-11-16;2-1(3,4)5/h2-11,14H,12-13H2,1H3;(H,2,3,4,5)/q+1;/p-1. The van der Waals surface area contributed by atoms with Gasteiger partial charge in [0, 0.05) is 11.1 Å². The maximum absolute atomic E-state index is 8.49. The lowest BCUT2D eigenvalue weighted by molar-refractivity contribution is -2.00. The average molecular weight is 352 g/mol. The normalized spacial score (nSPS) is 16.3. The fraction of sp³-hybridized carbons (Fsp3) is 0.235. The van der Waals surface area contributed by atoms with Gasteiger partial charge in [-0.25, -0.2) is 23.2 Å². The molecule has 3 rings (SSSR count). The van der Waals surface area contributed by atoms with Gasteiger partial charge in [0.15, 0.2) is 5.60 Å². The fourth-order valence-electron chi connectivity index (χ4n) is 2.63. The predicted molar refractivity (Wildman–Crippen MR) is 76.5 cm³/mol. The highest BCUT2D eigenvalue weighted by molar-refractivity contribution is 5.47. The molecule has 0 atom stereocenters. The lowest BCUT2D eigenvalue weighted by Crippen LogP contribution is -2.68. The lowest BCUT2D eigenvalue weighted by atomic mass is 9.83. The Morgan fingerprint density at radius 1 is 0.875 bits per heavy atom. The van der Waals surface area contributed by atoms with Gasteiger partial charge in [-0.05, 0) is 0 Å². The molecule has 0 amide bonds. The van der Waals surface area contributed by atoms with Crippen LogP contribution in [0.3, 0.4) is 0 Å². The van der Waals surface area contributed by atoms with Gasteiger partial charge in [0.2, 0.25) is 0 Å². The molecule has 0 fully saturated rings. The number of nitrogens with zero attached hydrogens (tertiary/aromatic N) is 1. The Balaban J connectivity index is 0.000000368. The average Bonchev–Trinajstić information content (AvgIpc) is 2.56. The maximum Gasteiger partial charge on any atom is 0.324 e. The molecule has 24 heavy (non-hydrogen) atoms. The molecule has 1 aliphatic heterocycles. The highest BCUT2D eigenvalue weighted by Crippen LogP contribution is 2.37. The Bertz CT molecular complexity index is 625. The quantitative estimate of drug-likeness (QED) is 0.598. The molecule has 0 aromatic heterocycles. The third-order valence-electron chi connectivity index (χ3n) is 3.73. The summed E-state index contributed by atoms with van der Waals surface area (Å²) < 4.78 is 42.2. The lowest BCUT2D eigenvalue weighted by Gasteiger charge is -2.34. The predicted octanol–water partition coefficient (Wildman–Crippen LogP) is -1.73. The van der Waals surface area contributed by atoms with Crippen LogP contribution in [0.15, 0.2) is 60.7 Å². The summed E-state index contributed by atoms with van der Waals surface area (Å²) >= 11 is 0. The van der Waals surface area contributed by atoms with Crippen LogP contribution < -0.4 is 18.6 Å². The molecule has 128 valence electrons. The second-order valence-corrected chi connectivity index (χ2v) is 6.15. The van der Waals surface area contributed by atoms with E-state index in [0.29, 0.717) is 0 Å². The summed E-state index contributed by atoms with van der Waals surface area (Å²) in [4.78, 5) is 0. The molecule has 0 saturated carbocycles. The minimum absolute atomic E-state index is 0.352. The number of ether oxygens (including phenoxy) is 1. The Labute approximate surface area is 142 Å². The summed E-state index contributed by atoms with van der Waals surface area (Å²) in [5.41, 5.74) is 2.07. The molecule has 7 heteroatoms. The van der Waals surface area contributed by atoms with Crippen LogP contribution in [0.2, 0.25) is 0 Å². The van der Waals surface area contributed by atoms with Crippen molar-refractivity contribution in [1.29, 1.82) is 0 Å². The smallest absolute Gasteiger partial charge is 0.324 e. The van der Waals surface area contributed by atoms with Gasteiger partial charge in [-0.1, -0.05) is 60.7 Å². The first-order valence-electron chi connectivity index (χ1n) is 7.25.